The summed E-state index contributed by atoms with van der Waals surface area (Å²) < 4.78 is 5.25. The van der Waals surface area contributed by atoms with E-state index in [4.69, 9.17) is 4.74 Å². The van der Waals surface area contributed by atoms with Gasteiger partial charge in [0.2, 0.25) is 0 Å². The maximum atomic E-state index is 5.25. The number of nitrogens with one attached hydrogen (secondary N) is 1. The number of fused-ring (bicyclic) bond motifs is 1. The fourth-order valence-corrected chi connectivity index (χ4v) is 2.06. The molecule has 0 saturated heterocycles. The third-order valence-electron chi connectivity index (χ3n) is 3.04. The van der Waals surface area contributed by atoms with Crippen molar-refractivity contribution >= 4 is 11.8 Å². The highest BCUT2D eigenvalue weighted by molar-refractivity contribution is 5.76. The maximum Gasteiger partial charge on any atom is 0.120 e. The summed E-state index contributed by atoms with van der Waals surface area (Å²) in [6.07, 6.45) is 4.22. The van der Waals surface area contributed by atoms with Crippen LogP contribution in [0.4, 0.5) is 5.69 Å². The molecular formula is C16H14NO. The van der Waals surface area contributed by atoms with Crippen molar-refractivity contribution in [2.24, 2.45) is 0 Å². The number of benzene rings is 2. The molecule has 0 amide bonds. The third kappa shape index (κ3) is 1.97. The Balaban J connectivity index is 1.93. The Bertz CT molecular complexity index is 575. The number of methoxy groups -OCH3 is 1. The van der Waals surface area contributed by atoms with Crippen LogP contribution in [0.15, 0.2) is 54.6 Å². The number of ether oxygens (including phenoxy) is 1. The first-order valence-corrected chi connectivity index (χ1v) is 5.92. The van der Waals surface area contributed by atoms with Gasteiger partial charge in [-0.15, -0.1) is 0 Å². The van der Waals surface area contributed by atoms with Crippen molar-refractivity contribution in [1.29, 1.82) is 0 Å². The van der Waals surface area contributed by atoms with Crippen molar-refractivity contribution in [2.45, 2.75) is 0 Å². The molecule has 0 aliphatic carbocycles. The van der Waals surface area contributed by atoms with Gasteiger partial charge in [-0.25, -0.2) is 0 Å². The van der Waals surface area contributed by atoms with Crippen LogP contribution in [-0.4, -0.2) is 7.11 Å². The topological polar surface area (TPSA) is 21.3 Å². The smallest absolute Gasteiger partial charge is 0.120 e. The Kier molecular flexibility index (Phi) is 2.77. The van der Waals surface area contributed by atoms with E-state index in [1.807, 2.05) is 30.3 Å². The van der Waals surface area contributed by atoms with Crippen molar-refractivity contribution in [3.63, 3.8) is 0 Å². The minimum atomic E-state index is 0.865. The van der Waals surface area contributed by atoms with E-state index in [0.717, 1.165) is 17.5 Å². The molecule has 0 saturated carbocycles. The van der Waals surface area contributed by atoms with Crippen molar-refractivity contribution in [3.8, 4) is 5.75 Å². The van der Waals surface area contributed by atoms with Crippen LogP contribution in [0.3, 0.4) is 0 Å². The zero-order valence-corrected chi connectivity index (χ0v) is 10.2. The summed E-state index contributed by atoms with van der Waals surface area (Å²) >= 11 is 0. The molecule has 0 atom stereocenters. The van der Waals surface area contributed by atoms with Gasteiger partial charge in [-0.05, 0) is 23.3 Å². The molecule has 0 spiro atoms. The van der Waals surface area contributed by atoms with Crippen molar-refractivity contribution in [1.82, 2.24) is 0 Å². The maximum absolute atomic E-state index is 5.25. The summed E-state index contributed by atoms with van der Waals surface area (Å²) in [6, 6.07) is 17.4. The highest BCUT2D eigenvalue weighted by Gasteiger charge is 2.15. The lowest BCUT2D eigenvalue weighted by Gasteiger charge is -2.22. The molecule has 2 aromatic rings. The molecule has 1 heterocycles. The molecule has 1 aliphatic rings. The first-order valence-electron chi connectivity index (χ1n) is 5.92. The molecule has 0 fully saturated rings. The molecule has 1 radical (unpaired) electrons. The van der Waals surface area contributed by atoms with E-state index in [2.05, 4.69) is 35.7 Å². The molecule has 3 rings (SSSR count). The van der Waals surface area contributed by atoms with Crippen LogP contribution < -0.4 is 10.1 Å². The number of hydrogen-bond donors (Lipinski definition) is 1. The van der Waals surface area contributed by atoms with Crippen LogP contribution in [-0.2, 0) is 0 Å². The van der Waals surface area contributed by atoms with Gasteiger partial charge in [0.15, 0.2) is 0 Å². The summed E-state index contributed by atoms with van der Waals surface area (Å²) in [5.74, 6) is 0.865. The molecule has 89 valence electrons. The van der Waals surface area contributed by atoms with Crippen LogP contribution in [0.1, 0.15) is 11.1 Å². The Labute approximate surface area is 107 Å². The van der Waals surface area contributed by atoms with Crippen LogP contribution in [0.5, 0.6) is 5.75 Å². The van der Waals surface area contributed by atoms with Gasteiger partial charge in [0, 0.05) is 11.8 Å². The fraction of sp³-hybridized carbons (Fsp3) is 0.0625. The van der Waals surface area contributed by atoms with Crippen molar-refractivity contribution in [2.75, 3.05) is 12.4 Å². The summed E-state index contributed by atoms with van der Waals surface area (Å²) in [6.45, 7) is 0. The highest BCUT2D eigenvalue weighted by Crippen LogP contribution is 2.31. The van der Waals surface area contributed by atoms with Crippen LogP contribution in [0, 0.1) is 6.04 Å². The number of hydrogen-bond acceptors (Lipinski definition) is 2. The zero-order chi connectivity index (χ0) is 12.4. The quantitative estimate of drug-likeness (QED) is 0.858. The Morgan fingerprint density at radius 2 is 1.78 bits per heavy atom. The highest BCUT2D eigenvalue weighted by atomic mass is 16.5. The second-order valence-electron chi connectivity index (χ2n) is 4.19. The standard InChI is InChI=1S/C16H14NO/c1-18-14-9-7-13-8-10-15(17-16(13)11-14)12-5-3-2-4-6-12/h2-11,17H,1H3. The van der Waals surface area contributed by atoms with Gasteiger partial charge in [-0.3, -0.25) is 0 Å². The van der Waals surface area contributed by atoms with Gasteiger partial charge in [0.1, 0.15) is 11.8 Å². The van der Waals surface area contributed by atoms with E-state index >= 15 is 0 Å². The van der Waals surface area contributed by atoms with Gasteiger partial charge < -0.3 is 10.1 Å². The zero-order valence-electron chi connectivity index (χ0n) is 10.2. The van der Waals surface area contributed by atoms with Crippen LogP contribution >= 0.6 is 0 Å². The van der Waals surface area contributed by atoms with Crippen molar-refractivity contribution < 1.29 is 4.74 Å². The molecule has 2 nitrogen and oxygen atoms in total. The van der Waals surface area contributed by atoms with E-state index < -0.39 is 0 Å². The van der Waals surface area contributed by atoms with Crippen LogP contribution in [0.25, 0.3) is 6.08 Å². The van der Waals surface area contributed by atoms with Gasteiger partial charge in [0.25, 0.3) is 0 Å². The SMILES string of the molecule is COc1ccc2c(c1)N[C](c1ccccc1)C=C2. The average molecular weight is 236 g/mol. The predicted molar refractivity (Wildman–Crippen MR) is 74.4 cm³/mol. The van der Waals surface area contributed by atoms with Gasteiger partial charge in [-0.1, -0.05) is 42.5 Å². The largest absolute Gasteiger partial charge is 0.497 e. The second kappa shape index (κ2) is 4.57. The molecule has 1 aliphatic heterocycles. The lowest BCUT2D eigenvalue weighted by atomic mass is 10.00. The molecule has 2 heteroatoms. The Morgan fingerprint density at radius 1 is 0.944 bits per heavy atom. The van der Waals surface area contributed by atoms with Gasteiger partial charge >= 0.3 is 0 Å². The monoisotopic (exact) mass is 236 g/mol. The van der Waals surface area contributed by atoms with Gasteiger partial charge in [-0.2, -0.15) is 0 Å². The minimum Gasteiger partial charge on any atom is -0.497 e. The van der Waals surface area contributed by atoms with Crippen LogP contribution in [0.2, 0.25) is 0 Å². The average Bonchev–Trinajstić information content (AvgIpc) is 2.47. The van der Waals surface area contributed by atoms with E-state index in [1.165, 1.54) is 11.1 Å². The molecule has 0 unspecified atom stereocenters. The molecule has 1 N–H and O–H groups in total. The first-order chi connectivity index (χ1) is 8.86. The van der Waals surface area contributed by atoms with Crippen molar-refractivity contribution in [3.05, 3.63) is 71.8 Å². The predicted octanol–water partition coefficient (Wildman–Crippen LogP) is 3.71. The van der Waals surface area contributed by atoms with E-state index in [9.17, 15) is 0 Å². The Morgan fingerprint density at radius 3 is 2.56 bits per heavy atom. The summed E-state index contributed by atoms with van der Waals surface area (Å²) in [5.41, 5.74) is 3.44. The third-order valence-corrected chi connectivity index (χ3v) is 3.04. The van der Waals surface area contributed by atoms with E-state index in [1.54, 1.807) is 7.11 Å². The molecule has 0 bridgehead atoms. The summed E-state index contributed by atoms with van der Waals surface area (Å²) in [5, 5.41) is 3.44. The number of rotatable bonds is 2. The fourth-order valence-electron chi connectivity index (χ4n) is 2.06. The van der Waals surface area contributed by atoms with Gasteiger partial charge in [0.05, 0.1) is 7.11 Å². The second-order valence-corrected chi connectivity index (χ2v) is 4.19. The molecule has 18 heavy (non-hydrogen) atoms. The number of anilines is 1. The normalized spacial score (nSPS) is 13.8. The molecular weight excluding hydrogens is 222 g/mol. The Hall–Kier alpha value is -2.22. The molecule has 0 aromatic heterocycles. The summed E-state index contributed by atoms with van der Waals surface area (Å²) in [4.78, 5) is 0. The van der Waals surface area contributed by atoms with E-state index in [-0.39, 0.29) is 0 Å². The lowest BCUT2D eigenvalue weighted by molar-refractivity contribution is 0.415. The van der Waals surface area contributed by atoms with E-state index in [0.29, 0.717) is 0 Å². The first kappa shape index (κ1) is 10.9. The lowest BCUT2D eigenvalue weighted by Crippen LogP contribution is -2.13. The minimum absolute atomic E-state index is 0.865. The summed E-state index contributed by atoms with van der Waals surface area (Å²) in [7, 11) is 1.68. The molecule has 2 aromatic carbocycles.